The molecule has 6 heteroatoms. The molecule has 3 aromatic rings. The lowest BCUT2D eigenvalue weighted by Gasteiger charge is -2.26. The van der Waals surface area contributed by atoms with Crippen LogP contribution in [-0.2, 0) is 5.54 Å². The fourth-order valence-corrected chi connectivity index (χ4v) is 3.39. The van der Waals surface area contributed by atoms with Crippen molar-refractivity contribution in [1.82, 2.24) is 10.3 Å². The Balaban J connectivity index is 1.50. The first-order valence-electron chi connectivity index (χ1n) is 8.92. The summed E-state index contributed by atoms with van der Waals surface area (Å²) in [5.74, 6) is 0.756. The third-order valence-corrected chi connectivity index (χ3v) is 4.89. The highest BCUT2D eigenvalue weighted by Gasteiger charge is 2.24. The van der Waals surface area contributed by atoms with E-state index in [1.165, 1.54) is 0 Å². The number of thiazole rings is 1. The number of benzene rings is 2. The summed E-state index contributed by atoms with van der Waals surface area (Å²) in [5.41, 5.74) is 1.58. The van der Waals surface area contributed by atoms with Crippen LogP contribution in [0, 0.1) is 0 Å². The lowest BCUT2D eigenvalue weighted by Crippen LogP contribution is -2.43. The van der Waals surface area contributed by atoms with Gasteiger partial charge in [-0.2, -0.15) is 0 Å². The van der Waals surface area contributed by atoms with Gasteiger partial charge in [-0.1, -0.05) is 36.4 Å². The molecule has 1 atom stereocenters. The lowest BCUT2D eigenvalue weighted by atomic mass is 10.0. The van der Waals surface area contributed by atoms with Gasteiger partial charge in [0.05, 0.1) is 11.2 Å². The minimum atomic E-state index is -0.606. The van der Waals surface area contributed by atoms with Crippen LogP contribution >= 0.6 is 11.3 Å². The Morgan fingerprint density at radius 1 is 1.07 bits per heavy atom. The first kappa shape index (κ1) is 19.4. The number of para-hydroxylation sites is 2. The van der Waals surface area contributed by atoms with Crippen LogP contribution in [0.3, 0.4) is 0 Å². The number of anilines is 2. The van der Waals surface area contributed by atoms with Crippen molar-refractivity contribution in [1.29, 1.82) is 0 Å². The summed E-state index contributed by atoms with van der Waals surface area (Å²) in [6, 6.07) is 19.5. The molecule has 0 spiro atoms. The molecule has 1 aromatic heterocycles. The van der Waals surface area contributed by atoms with Crippen molar-refractivity contribution in [2.75, 3.05) is 18.5 Å². The van der Waals surface area contributed by atoms with Gasteiger partial charge in [-0.3, -0.25) is 0 Å². The summed E-state index contributed by atoms with van der Waals surface area (Å²) in [4.78, 5) is 4.68. The maximum Gasteiger partial charge on any atom is 0.187 e. The summed E-state index contributed by atoms with van der Waals surface area (Å²) in [6.45, 7) is 4.77. The topological polar surface area (TPSA) is 66.4 Å². The van der Waals surface area contributed by atoms with Crippen molar-refractivity contribution in [3.8, 4) is 5.75 Å². The molecule has 2 aromatic carbocycles. The minimum absolute atomic E-state index is 0.241. The third-order valence-electron chi connectivity index (χ3n) is 4.13. The van der Waals surface area contributed by atoms with Crippen LogP contribution in [0.25, 0.3) is 0 Å². The molecular formula is C21H25N3O2S. The van der Waals surface area contributed by atoms with Crippen molar-refractivity contribution in [3.63, 3.8) is 0 Å². The molecule has 0 aliphatic carbocycles. The Labute approximate surface area is 164 Å². The second kappa shape index (κ2) is 8.99. The van der Waals surface area contributed by atoms with Crippen molar-refractivity contribution in [2.45, 2.75) is 25.5 Å². The number of hydrogen-bond donors (Lipinski definition) is 3. The quantitative estimate of drug-likeness (QED) is 0.518. The summed E-state index contributed by atoms with van der Waals surface area (Å²) >= 11 is 1.56. The highest BCUT2D eigenvalue weighted by molar-refractivity contribution is 7.13. The number of ether oxygens (including phenoxy) is 1. The highest BCUT2D eigenvalue weighted by Crippen LogP contribution is 2.27. The molecule has 27 heavy (non-hydrogen) atoms. The molecular weight excluding hydrogens is 358 g/mol. The van der Waals surface area contributed by atoms with Crippen LogP contribution in [0.5, 0.6) is 5.75 Å². The number of aliphatic hydroxyl groups excluding tert-OH is 1. The Bertz CT molecular complexity index is 822. The minimum Gasteiger partial charge on any atom is -0.491 e. The molecule has 0 unspecified atom stereocenters. The van der Waals surface area contributed by atoms with E-state index in [1.54, 1.807) is 11.3 Å². The molecule has 0 aliphatic rings. The Hall–Kier alpha value is -2.41. The van der Waals surface area contributed by atoms with Crippen LogP contribution in [0.4, 0.5) is 10.8 Å². The average molecular weight is 384 g/mol. The van der Waals surface area contributed by atoms with Crippen LogP contribution in [0.15, 0.2) is 66.0 Å². The van der Waals surface area contributed by atoms with E-state index in [4.69, 9.17) is 4.74 Å². The summed E-state index contributed by atoms with van der Waals surface area (Å²) < 4.78 is 5.60. The fourth-order valence-electron chi connectivity index (χ4n) is 2.49. The molecule has 0 radical (unpaired) electrons. The van der Waals surface area contributed by atoms with E-state index in [0.29, 0.717) is 6.54 Å². The van der Waals surface area contributed by atoms with E-state index in [-0.39, 0.29) is 12.1 Å². The Morgan fingerprint density at radius 2 is 1.74 bits per heavy atom. The third kappa shape index (κ3) is 5.79. The second-order valence-electron chi connectivity index (χ2n) is 6.81. The average Bonchev–Trinajstić information content (AvgIpc) is 3.16. The van der Waals surface area contributed by atoms with Gasteiger partial charge in [-0.05, 0) is 38.1 Å². The molecule has 3 N–H and O–H groups in total. The van der Waals surface area contributed by atoms with Crippen LogP contribution < -0.4 is 15.4 Å². The van der Waals surface area contributed by atoms with E-state index in [1.807, 2.05) is 66.0 Å². The molecule has 0 saturated heterocycles. The second-order valence-corrected chi connectivity index (χ2v) is 7.67. The molecule has 0 amide bonds. The van der Waals surface area contributed by atoms with Crippen LogP contribution in [-0.4, -0.2) is 29.3 Å². The molecule has 3 rings (SSSR count). The molecule has 142 valence electrons. The van der Waals surface area contributed by atoms with Crippen LogP contribution in [0.1, 0.15) is 19.5 Å². The zero-order valence-electron chi connectivity index (χ0n) is 15.6. The van der Waals surface area contributed by atoms with Crippen molar-refractivity contribution in [3.05, 3.63) is 71.7 Å². The number of nitrogens with one attached hydrogen (secondary N) is 2. The van der Waals surface area contributed by atoms with E-state index < -0.39 is 6.10 Å². The fraction of sp³-hybridized carbons (Fsp3) is 0.286. The first-order chi connectivity index (χ1) is 13.0. The van der Waals surface area contributed by atoms with Gasteiger partial charge in [0.2, 0.25) is 0 Å². The summed E-state index contributed by atoms with van der Waals surface area (Å²) in [5, 5.41) is 19.8. The van der Waals surface area contributed by atoms with Gasteiger partial charge in [0, 0.05) is 17.6 Å². The van der Waals surface area contributed by atoms with Gasteiger partial charge in [-0.15, -0.1) is 11.3 Å². The number of rotatable bonds is 9. The predicted octanol–water partition coefficient (Wildman–Crippen LogP) is 4.15. The normalized spacial score (nSPS) is 12.6. The van der Waals surface area contributed by atoms with E-state index in [0.717, 1.165) is 22.3 Å². The maximum absolute atomic E-state index is 10.2. The van der Waals surface area contributed by atoms with Gasteiger partial charge >= 0.3 is 0 Å². The highest BCUT2D eigenvalue weighted by atomic mass is 32.1. The molecule has 5 nitrogen and oxygen atoms in total. The van der Waals surface area contributed by atoms with E-state index in [2.05, 4.69) is 29.5 Å². The van der Waals surface area contributed by atoms with Gasteiger partial charge in [0.25, 0.3) is 0 Å². The van der Waals surface area contributed by atoms with E-state index >= 15 is 0 Å². The SMILES string of the molecule is CC(C)(NC[C@H](O)COc1ccccc1)c1csc(Nc2ccccc2)n1. The summed E-state index contributed by atoms with van der Waals surface area (Å²) in [6.07, 6.45) is -0.606. The molecule has 0 aliphatic heterocycles. The zero-order valence-corrected chi connectivity index (χ0v) is 16.4. The number of aromatic nitrogens is 1. The first-order valence-corrected chi connectivity index (χ1v) is 9.80. The van der Waals surface area contributed by atoms with Gasteiger partial charge < -0.3 is 20.5 Å². The van der Waals surface area contributed by atoms with Crippen molar-refractivity contribution in [2.24, 2.45) is 0 Å². The smallest absolute Gasteiger partial charge is 0.187 e. The van der Waals surface area contributed by atoms with E-state index in [9.17, 15) is 5.11 Å². The molecule has 0 fully saturated rings. The number of hydrogen-bond acceptors (Lipinski definition) is 6. The summed E-state index contributed by atoms with van der Waals surface area (Å²) in [7, 11) is 0. The number of nitrogens with zero attached hydrogens (tertiary/aromatic N) is 1. The van der Waals surface area contributed by atoms with Crippen LogP contribution in [0.2, 0.25) is 0 Å². The van der Waals surface area contributed by atoms with Gasteiger partial charge in [0.15, 0.2) is 5.13 Å². The molecule has 0 saturated carbocycles. The standard InChI is InChI=1S/C21H25N3O2S/c1-21(2,22-13-17(25)14-26-18-11-7-4-8-12-18)19-15-27-20(24-19)23-16-9-5-3-6-10-16/h3-12,15,17,22,25H,13-14H2,1-2H3,(H,23,24)/t17-/m0/s1. The zero-order chi connectivity index (χ0) is 19.1. The maximum atomic E-state index is 10.2. The molecule has 0 bridgehead atoms. The number of aliphatic hydroxyl groups is 1. The van der Waals surface area contributed by atoms with Crippen molar-refractivity contribution < 1.29 is 9.84 Å². The largest absolute Gasteiger partial charge is 0.491 e. The monoisotopic (exact) mass is 383 g/mol. The van der Waals surface area contributed by atoms with Crippen molar-refractivity contribution >= 4 is 22.2 Å². The Kier molecular flexibility index (Phi) is 6.45. The Morgan fingerprint density at radius 3 is 2.44 bits per heavy atom. The predicted molar refractivity (Wildman–Crippen MR) is 111 cm³/mol. The van der Waals surface area contributed by atoms with Gasteiger partial charge in [0.1, 0.15) is 18.5 Å². The van der Waals surface area contributed by atoms with Gasteiger partial charge in [-0.25, -0.2) is 4.98 Å². The molecule has 1 heterocycles. The lowest BCUT2D eigenvalue weighted by molar-refractivity contribution is 0.0985.